The highest BCUT2D eigenvalue weighted by Gasteiger charge is 2.28. The van der Waals surface area contributed by atoms with Gasteiger partial charge in [-0.3, -0.25) is 19.5 Å². The highest BCUT2D eigenvalue weighted by molar-refractivity contribution is 6.30. The fraction of sp³-hybridized carbons (Fsp3) is 0.263. The Kier molecular flexibility index (Phi) is 4.64. The van der Waals surface area contributed by atoms with Crippen LogP contribution in [0.25, 0.3) is 5.65 Å². The summed E-state index contributed by atoms with van der Waals surface area (Å²) in [7, 11) is 0. The minimum atomic E-state index is -0.387. The second-order valence-electron chi connectivity index (χ2n) is 6.78. The number of aromatic amines is 1. The van der Waals surface area contributed by atoms with Gasteiger partial charge in [0.15, 0.2) is 5.65 Å². The van der Waals surface area contributed by atoms with Crippen molar-refractivity contribution in [2.75, 3.05) is 18.4 Å². The molecule has 1 saturated heterocycles. The van der Waals surface area contributed by atoms with Gasteiger partial charge >= 0.3 is 0 Å². The molecule has 144 valence electrons. The van der Waals surface area contributed by atoms with Crippen LogP contribution >= 0.6 is 11.6 Å². The summed E-state index contributed by atoms with van der Waals surface area (Å²) in [5, 5.41) is 6.11. The van der Waals surface area contributed by atoms with Gasteiger partial charge in [-0.15, -0.1) is 0 Å². The van der Waals surface area contributed by atoms with Crippen LogP contribution in [-0.4, -0.2) is 44.4 Å². The van der Waals surface area contributed by atoms with Gasteiger partial charge in [0.25, 0.3) is 11.5 Å². The van der Waals surface area contributed by atoms with Crippen molar-refractivity contribution in [1.29, 1.82) is 0 Å². The molecule has 3 heterocycles. The monoisotopic (exact) mass is 399 g/mol. The lowest BCUT2D eigenvalue weighted by Crippen LogP contribution is -2.26. The number of benzene rings is 1. The number of hydrogen-bond donors (Lipinski definition) is 2. The molecule has 2 N–H and O–H groups in total. The third-order valence-electron chi connectivity index (χ3n) is 4.92. The van der Waals surface area contributed by atoms with E-state index in [1.54, 1.807) is 29.2 Å². The Bertz CT molecular complexity index is 1120. The van der Waals surface area contributed by atoms with Gasteiger partial charge in [-0.1, -0.05) is 11.6 Å². The minimum absolute atomic E-state index is 0.00461. The molecule has 0 spiro atoms. The zero-order valence-electron chi connectivity index (χ0n) is 15.1. The molecule has 2 amide bonds. The molecule has 1 aromatic carbocycles. The van der Waals surface area contributed by atoms with Crippen molar-refractivity contribution in [2.45, 2.75) is 19.3 Å². The Morgan fingerprint density at radius 2 is 2.04 bits per heavy atom. The number of H-pyrrole nitrogens is 1. The first-order chi connectivity index (χ1) is 13.4. The summed E-state index contributed by atoms with van der Waals surface area (Å²) in [5.41, 5.74) is 1.39. The third kappa shape index (κ3) is 3.38. The molecule has 0 saturated carbocycles. The molecular weight excluding hydrogens is 382 g/mol. The maximum atomic E-state index is 12.7. The summed E-state index contributed by atoms with van der Waals surface area (Å²) in [6, 6.07) is 8.19. The van der Waals surface area contributed by atoms with Crippen LogP contribution < -0.4 is 10.9 Å². The predicted molar refractivity (Wildman–Crippen MR) is 105 cm³/mol. The Morgan fingerprint density at radius 1 is 1.29 bits per heavy atom. The molecule has 4 rings (SSSR count). The van der Waals surface area contributed by atoms with Crippen molar-refractivity contribution in [2.24, 2.45) is 0 Å². The Morgan fingerprint density at radius 3 is 2.71 bits per heavy atom. The first-order valence-corrected chi connectivity index (χ1v) is 9.23. The number of fused-ring (bicyclic) bond motifs is 1. The van der Waals surface area contributed by atoms with Crippen molar-refractivity contribution in [1.82, 2.24) is 19.5 Å². The molecule has 0 unspecified atom stereocenters. The number of nitrogens with one attached hydrogen (secondary N) is 2. The quantitative estimate of drug-likeness (QED) is 0.705. The maximum Gasteiger partial charge on any atom is 0.272 e. The molecule has 2 aromatic heterocycles. The molecule has 3 aromatic rings. The summed E-state index contributed by atoms with van der Waals surface area (Å²) < 4.78 is 1.23. The summed E-state index contributed by atoms with van der Waals surface area (Å²) in [6.45, 7) is 2.69. The van der Waals surface area contributed by atoms with Crippen LogP contribution in [-0.2, 0) is 4.79 Å². The summed E-state index contributed by atoms with van der Waals surface area (Å²) >= 11 is 5.86. The van der Waals surface area contributed by atoms with Crippen molar-refractivity contribution < 1.29 is 9.59 Å². The summed E-state index contributed by atoms with van der Waals surface area (Å²) in [5.74, 6) is -0.407. The number of anilines is 1. The van der Waals surface area contributed by atoms with Crippen LogP contribution in [0.1, 0.15) is 35.3 Å². The Balaban J connectivity index is 1.65. The minimum Gasteiger partial charge on any atom is -0.342 e. The van der Waals surface area contributed by atoms with Crippen LogP contribution in [0.3, 0.4) is 0 Å². The average Bonchev–Trinajstić information content (AvgIpc) is 3.31. The molecule has 9 heteroatoms. The zero-order chi connectivity index (χ0) is 19.8. The number of nitrogens with zero attached hydrogens (tertiary/aromatic N) is 3. The summed E-state index contributed by atoms with van der Waals surface area (Å²) in [6.07, 6.45) is 2.19. The van der Waals surface area contributed by atoms with E-state index in [1.165, 1.54) is 23.7 Å². The largest absolute Gasteiger partial charge is 0.342 e. The first-order valence-electron chi connectivity index (χ1n) is 8.86. The van der Waals surface area contributed by atoms with E-state index in [1.807, 2.05) is 0 Å². The van der Waals surface area contributed by atoms with Gasteiger partial charge in [-0.2, -0.15) is 0 Å². The van der Waals surface area contributed by atoms with Gasteiger partial charge in [0.05, 0.1) is 5.69 Å². The van der Waals surface area contributed by atoms with Crippen LogP contribution in [0.15, 0.2) is 41.3 Å². The molecule has 1 aliphatic heterocycles. The van der Waals surface area contributed by atoms with Crippen LogP contribution in [0, 0.1) is 0 Å². The SMILES string of the molecule is CC(=O)N1CC[C@@H](c2cc(=O)n3[nH]cc(C(=O)Nc4ccc(Cl)cc4)c3n2)C1. The Labute approximate surface area is 165 Å². The van der Waals surface area contributed by atoms with E-state index >= 15 is 0 Å². The maximum absolute atomic E-state index is 12.7. The molecule has 28 heavy (non-hydrogen) atoms. The number of likely N-dealkylation sites (tertiary alicyclic amines) is 1. The van der Waals surface area contributed by atoms with Gasteiger partial charge in [0, 0.05) is 48.9 Å². The smallest absolute Gasteiger partial charge is 0.272 e. The summed E-state index contributed by atoms with van der Waals surface area (Å²) in [4.78, 5) is 43.0. The van der Waals surface area contributed by atoms with Crippen LogP contribution in [0.2, 0.25) is 5.02 Å². The number of carbonyl (C=O) groups is 2. The van der Waals surface area contributed by atoms with Crippen molar-refractivity contribution in [3.63, 3.8) is 0 Å². The van der Waals surface area contributed by atoms with E-state index in [-0.39, 0.29) is 34.5 Å². The second kappa shape index (κ2) is 7.12. The molecule has 0 bridgehead atoms. The van der Waals surface area contributed by atoms with Crippen molar-refractivity contribution in [3.05, 3.63) is 63.2 Å². The number of hydrogen-bond acceptors (Lipinski definition) is 4. The lowest BCUT2D eigenvalue weighted by Gasteiger charge is -2.13. The zero-order valence-corrected chi connectivity index (χ0v) is 15.9. The molecule has 1 aliphatic rings. The topological polar surface area (TPSA) is 99.6 Å². The second-order valence-corrected chi connectivity index (χ2v) is 7.21. The molecule has 0 radical (unpaired) electrons. The number of amides is 2. The lowest BCUT2D eigenvalue weighted by atomic mass is 10.0. The van der Waals surface area contributed by atoms with Gasteiger partial charge < -0.3 is 10.2 Å². The van der Waals surface area contributed by atoms with E-state index in [2.05, 4.69) is 15.4 Å². The molecule has 8 nitrogen and oxygen atoms in total. The molecular formula is C19H18ClN5O3. The van der Waals surface area contributed by atoms with Crippen LogP contribution in [0.5, 0.6) is 0 Å². The van der Waals surface area contributed by atoms with Gasteiger partial charge in [-0.05, 0) is 30.7 Å². The fourth-order valence-corrected chi connectivity index (χ4v) is 3.52. The predicted octanol–water partition coefficient (Wildman–Crippen LogP) is 2.26. The van der Waals surface area contributed by atoms with Crippen molar-refractivity contribution in [3.8, 4) is 0 Å². The Hall–Kier alpha value is -3.13. The lowest BCUT2D eigenvalue weighted by molar-refractivity contribution is -0.127. The highest BCUT2D eigenvalue weighted by atomic mass is 35.5. The number of rotatable bonds is 3. The van der Waals surface area contributed by atoms with E-state index in [4.69, 9.17) is 11.6 Å². The molecule has 0 aliphatic carbocycles. The normalized spacial score (nSPS) is 16.5. The van der Waals surface area contributed by atoms with E-state index in [9.17, 15) is 14.4 Å². The molecule has 1 fully saturated rings. The number of halogens is 1. The average molecular weight is 400 g/mol. The highest BCUT2D eigenvalue weighted by Crippen LogP contribution is 2.26. The van der Waals surface area contributed by atoms with Gasteiger partial charge in [0.1, 0.15) is 5.56 Å². The van der Waals surface area contributed by atoms with Crippen molar-refractivity contribution >= 4 is 34.7 Å². The van der Waals surface area contributed by atoms with Gasteiger partial charge in [-0.25, -0.2) is 9.50 Å². The van der Waals surface area contributed by atoms with E-state index in [0.717, 1.165) is 6.42 Å². The standard InChI is InChI=1S/C19H18ClN5O3/c1-11(26)24-7-6-12(10-24)16-8-17(27)25-18(23-16)15(9-21-25)19(28)22-14-4-2-13(20)3-5-14/h2-5,8-9,12,21H,6-7,10H2,1H3,(H,22,28)/t12-/m1/s1. The number of carbonyl (C=O) groups excluding carboxylic acids is 2. The number of aromatic nitrogens is 3. The van der Waals surface area contributed by atoms with E-state index in [0.29, 0.717) is 29.5 Å². The van der Waals surface area contributed by atoms with E-state index < -0.39 is 0 Å². The third-order valence-corrected chi connectivity index (χ3v) is 5.17. The first kappa shape index (κ1) is 18.2. The van der Waals surface area contributed by atoms with Crippen LogP contribution in [0.4, 0.5) is 5.69 Å². The fourth-order valence-electron chi connectivity index (χ4n) is 3.39. The molecule has 1 atom stereocenters. The van der Waals surface area contributed by atoms with Gasteiger partial charge in [0.2, 0.25) is 5.91 Å².